The minimum atomic E-state index is -0.454. The van der Waals surface area contributed by atoms with Gasteiger partial charge in [-0.15, -0.1) is 0 Å². The summed E-state index contributed by atoms with van der Waals surface area (Å²) in [7, 11) is 0. The molecule has 11 rings (SSSR count). The van der Waals surface area contributed by atoms with Crippen molar-refractivity contribution in [3.63, 3.8) is 0 Å². The highest BCUT2D eigenvalue weighted by Gasteiger charge is 2.54. The van der Waals surface area contributed by atoms with Gasteiger partial charge in [0.1, 0.15) is 17.7 Å². The van der Waals surface area contributed by atoms with E-state index < -0.39 is 5.41 Å². The van der Waals surface area contributed by atoms with Gasteiger partial charge in [-0.05, 0) is 50.9 Å². The van der Waals surface area contributed by atoms with Crippen LogP contribution in [0.4, 0.5) is 0 Å². The summed E-state index contributed by atoms with van der Waals surface area (Å²) >= 11 is 0. The van der Waals surface area contributed by atoms with E-state index in [9.17, 15) is 0 Å². The van der Waals surface area contributed by atoms with Gasteiger partial charge in [0.05, 0.1) is 5.41 Å². The van der Waals surface area contributed by atoms with Crippen LogP contribution in [0, 0.1) is 0 Å². The topological polar surface area (TPSA) is 47.9 Å². The Balaban J connectivity index is 1.03. The number of aromatic nitrogens is 3. The lowest BCUT2D eigenvalue weighted by Gasteiger charge is -2.45. The number of allylic oxidation sites excluding steroid dienone is 6. The van der Waals surface area contributed by atoms with E-state index >= 15 is 0 Å². The molecule has 0 saturated heterocycles. The highest BCUT2D eigenvalue weighted by Crippen LogP contribution is 2.62. The van der Waals surface area contributed by atoms with E-state index in [2.05, 4.69) is 152 Å². The summed E-state index contributed by atoms with van der Waals surface area (Å²) in [6, 6.07) is 53.9. The molecule has 0 N–H and O–H groups in total. The van der Waals surface area contributed by atoms with Crippen LogP contribution < -0.4 is 4.74 Å². The van der Waals surface area contributed by atoms with Crippen LogP contribution >= 0.6 is 0 Å². The number of benzene rings is 6. The predicted molar refractivity (Wildman–Crippen MR) is 225 cm³/mol. The number of rotatable bonds is 5. The lowest BCUT2D eigenvalue weighted by molar-refractivity contribution is 0.206. The maximum absolute atomic E-state index is 7.20. The number of hydrogen-bond acceptors (Lipinski definition) is 4. The van der Waals surface area contributed by atoms with Crippen molar-refractivity contribution in [3.05, 3.63) is 222 Å². The number of para-hydroxylation sites is 1. The number of ether oxygens (including phenoxy) is 1. The smallest absolute Gasteiger partial charge is 0.163 e. The molecule has 1 aromatic heterocycles. The van der Waals surface area contributed by atoms with Crippen LogP contribution in [-0.2, 0) is 5.41 Å². The van der Waals surface area contributed by atoms with Crippen LogP contribution in [0.15, 0.2) is 194 Å². The summed E-state index contributed by atoms with van der Waals surface area (Å²) in [6.45, 7) is 0. The van der Waals surface area contributed by atoms with Gasteiger partial charge >= 0.3 is 0 Å². The second-order valence-corrected chi connectivity index (χ2v) is 14.9. The molecule has 1 aliphatic heterocycles. The second-order valence-electron chi connectivity index (χ2n) is 14.9. The minimum absolute atomic E-state index is 0.0339. The van der Waals surface area contributed by atoms with Crippen LogP contribution in [0.1, 0.15) is 46.8 Å². The van der Waals surface area contributed by atoms with Gasteiger partial charge in [-0.3, -0.25) is 0 Å². The van der Waals surface area contributed by atoms with Gasteiger partial charge in [0.25, 0.3) is 0 Å². The standard InChI is InChI=1S/C52H37N3O/c1-3-17-34(18-4-1)49-53-50(35-19-5-2-6-20-35)55-51(54-49)37-22-15-21-36(33-37)38-23-7-8-24-39(38)42-27-16-31-46-48(42)56-47-32-14-13-30-45(47)52(46)43-28-11-9-25-40(43)41-26-10-12-29-44(41)52/h1-31,37,47H,32-33H2. The molecule has 0 fully saturated rings. The molecule has 2 heterocycles. The van der Waals surface area contributed by atoms with Gasteiger partial charge < -0.3 is 4.74 Å². The Kier molecular flexibility index (Phi) is 7.63. The fourth-order valence-electron chi connectivity index (χ4n) is 9.44. The summed E-state index contributed by atoms with van der Waals surface area (Å²) < 4.78 is 7.20. The van der Waals surface area contributed by atoms with Crippen molar-refractivity contribution >= 4 is 5.57 Å². The average molecular weight is 720 g/mol. The molecular formula is C52H37N3O. The van der Waals surface area contributed by atoms with Crippen LogP contribution in [0.2, 0.25) is 0 Å². The molecule has 4 aliphatic rings. The predicted octanol–water partition coefficient (Wildman–Crippen LogP) is 12.0. The third-order valence-corrected chi connectivity index (χ3v) is 11.9. The van der Waals surface area contributed by atoms with E-state index in [4.69, 9.17) is 19.7 Å². The van der Waals surface area contributed by atoms with E-state index in [1.54, 1.807) is 0 Å². The molecule has 7 aromatic rings. The lowest BCUT2D eigenvalue weighted by Crippen LogP contribution is -2.42. The van der Waals surface area contributed by atoms with E-state index in [-0.39, 0.29) is 12.0 Å². The Labute approximate surface area is 327 Å². The monoisotopic (exact) mass is 719 g/mol. The summed E-state index contributed by atoms with van der Waals surface area (Å²) in [6.07, 6.45) is 14.9. The molecule has 3 aliphatic carbocycles. The van der Waals surface area contributed by atoms with Gasteiger partial charge in [0.15, 0.2) is 11.6 Å². The first kappa shape index (κ1) is 32.5. The van der Waals surface area contributed by atoms with Gasteiger partial charge in [-0.1, -0.05) is 188 Å². The van der Waals surface area contributed by atoms with Crippen molar-refractivity contribution in [3.8, 4) is 50.8 Å². The van der Waals surface area contributed by atoms with Crippen molar-refractivity contribution in [2.24, 2.45) is 0 Å². The molecule has 56 heavy (non-hydrogen) atoms. The molecule has 4 heteroatoms. The number of nitrogens with zero attached hydrogens (tertiary/aromatic N) is 3. The van der Waals surface area contributed by atoms with Crippen molar-refractivity contribution in [2.45, 2.75) is 30.3 Å². The van der Waals surface area contributed by atoms with Crippen LogP contribution in [0.25, 0.3) is 50.6 Å². The first-order chi connectivity index (χ1) is 27.8. The van der Waals surface area contributed by atoms with Gasteiger partial charge in [0, 0.05) is 34.6 Å². The van der Waals surface area contributed by atoms with Gasteiger partial charge in [-0.25, -0.2) is 15.0 Å². The van der Waals surface area contributed by atoms with Crippen LogP contribution in [0.3, 0.4) is 0 Å². The lowest BCUT2D eigenvalue weighted by atomic mass is 9.62. The highest BCUT2D eigenvalue weighted by atomic mass is 16.5. The fourth-order valence-corrected chi connectivity index (χ4v) is 9.44. The minimum Gasteiger partial charge on any atom is -0.485 e. The van der Waals surface area contributed by atoms with E-state index in [1.165, 1.54) is 44.5 Å². The zero-order valence-corrected chi connectivity index (χ0v) is 30.7. The van der Waals surface area contributed by atoms with E-state index in [1.807, 2.05) is 36.4 Å². The average Bonchev–Trinajstić information content (AvgIpc) is 3.57. The second kappa shape index (κ2) is 13.1. The normalized spacial score (nSPS) is 18.2. The Morgan fingerprint density at radius 2 is 1.07 bits per heavy atom. The van der Waals surface area contributed by atoms with E-state index in [0.717, 1.165) is 46.7 Å². The molecule has 1 spiro atoms. The molecule has 2 atom stereocenters. The molecule has 0 saturated carbocycles. The maximum Gasteiger partial charge on any atom is 0.163 e. The summed E-state index contributed by atoms with van der Waals surface area (Å²) in [4.78, 5) is 15.2. The highest BCUT2D eigenvalue weighted by molar-refractivity contribution is 5.91. The van der Waals surface area contributed by atoms with Crippen LogP contribution in [-0.4, -0.2) is 21.1 Å². The Morgan fingerprint density at radius 1 is 0.500 bits per heavy atom. The Bertz CT molecular complexity index is 2690. The molecule has 0 bridgehead atoms. The number of fused-ring (bicyclic) bond motifs is 9. The fraction of sp³-hybridized carbons (Fsp3) is 0.0962. The van der Waals surface area contributed by atoms with Crippen molar-refractivity contribution in [1.29, 1.82) is 0 Å². The van der Waals surface area contributed by atoms with Crippen molar-refractivity contribution < 1.29 is 4.74 Å². The first-order valence-electron chi connectivity index (χ1n) is 19.5. The third kappa shape index (κ3) is 5.03. The first-order valence-corrected chi connectivity index (χ1v) is 19.5. The molecule has 4 nitrogen and oxygen atoms in total. The summed E-state index contributed by atoms with van der Waals surface area (Å²) in [5.41, 5.74) is 13.9. The quantitative estimate of drug-likeness (QED) is 0.178. The summed E-state index contributed by atoms with van der Waals surface area (Å²) in [5.74, 6) is 3.06. The summed E-state index contributed by atoms with van der Waals surface area (Å²) in [5, 5.41) is 0. The molecule has 0 amide bonds. The Morgan fingerprint density at radius 3 is 1.75 bits per heavy atom. The van der Waals surface area contributed by atoms with Gasteiger partial charge in [-0.2, -0.15) is 0 Å². The maximum atomic E-state index is 7.20. The van der Waals surface area contributed by atoms with Gasteiger partial charge in [0.2, 0.25) is 0 Å². The molecule has 2 unspecified atom stereocenters. The largest absolute Gasteiger partial charge is 0.485 e. The molecule has 6 aromatic carbocycles. The van der Waals surface area contributed by atoms with Crippen LogP contribution in [0.5, 0.6) is 5.75 Å². The van der Waals surface area contributed by atoms with Crippen molar-refractivity contribution in [1.82, 2.24) is 15.0 Å². The zero-order chi connectivity index (χ0) is 37.1. The molecule has 0 radical (unpaired) electrons. The SMILES string of the molecule is C1=CCC2Oc3c(-c4ccccc4C4=CC=CC(c5nc(-c6ccccc6)nc(-c6ccccc6)n5)C4)cccc3C3(C2=C1)c1ccccc1-c1ccccc13. The van der Waals surface area contributed by atoms with Crippen molar-refractivity contribution in [2.75, 3.05) is 0 Å². The zero-order valence-electron chi connectivity index (χ0n) is 30.7. The third-order valence-electron chi connectivity index (χ3n) is 11.9. The molecular weight excluding hydrogens is 683 g/mol. The Hall–Kier alpha value is -6.91. The van der Waals surface area contributed by atoms with E-state index in [0.29, 0.717) is 11.6 Å². The molecule has 266 valence electrons. The number of hydrogen-bond donors (Lipinski definition) is 0.